The van der Waals surface area contributed by atoms with Crippen LogP contribution in [0.2, 0.25) is 0 Å². The molecule has 0 aromatic heterocycles. The molecule has 0 atom stereocenters. The number of hydrogen-bond donors (Lipinski definition) is 2. The smallest absolute Gasteiger partial charge is 0.241 e. The lowest BCUT2D eigenvalue weighted by atomic mass is 10.2. The molecule has 0 saturated heterocycles. The summed E-state index contributed by atoms with van der Waals surface area (Å²) in [6.45, 7) is 4.25. The van der Waals surface area contributed by atoms with Gasteiger partial charge in [-0.15, -0.1) is 0 Å². The van der Waals surface area contributed by atoms with Crippen molar-refractivity contribution in [1.29, 1.82) is 0 Å². The van der Waals surface area contributed by atoms with Crippen molar-refractivity contribution < 1.29 is 27.4 Å². The third kappa shape index (κ3) is 5.86. The Balaban J connectivity index is 1.97. The maximum atomic E-state index is 12.3. The second-order valence-electron chi connectivity index (χ2n) is 5.58. The Labute approximate surface area is 164 Å². The van der Waals surface area contributed by atoms with Gasteiger partial charge in [0.1, 0.15) is 5.75 Å². The molecule has 0 spiro atoms. The Morgan fingerprint density at radius 2 is 1.64 bits per heavy atom. The summed E-state index contributed by atoms with van der Waals surface area (Å²) in [5.41, 5.74) is 0.463. The number of nitrogens with one attached hydrogen (secondary N) is 2. The Morgan fingerprint density at radius 3 is 2.25 bits per heavy atom. The van der Waals surface area contributed by atoms with Gasteiger partial charge in [-0.05, 0) is 50.2 Å². The normalized spacial score (nSPS) is 11.0. The van der Waals surface area contributed by atoms with E-state index in [1.54, 1.807) is 30.3 Å². The summed E-state index contributed by atoms with van der Waals surface area (Å²) in [5, 5.41) is 2.61. The predicted octanol–water partition coefficient (Wildman–Crippen LogP) is 2.41. The van der Waals surface area contributed by atoms with Crippen LogP contribution in [0.3, 0.4) is 0 Å². The second kappa shape index (κ2) is 9.95. The van der Waals surface area contributed by atoms with Crippen molar-refractivity contribution >= 4 is 21.6 Å². The molecule has 0 bridgehead atoms. The maximum Gasteiger partial charge on any atom is 0.241 e. The van der Waals surface area contributed by atoms with Crippen LogP contribution in [0.25, 0.3) is 0 Å². The Bertz CT molecular complexity index is 897. The van der Waals surface area contributed by atoms with Crippen molar-refractivity contribution in [3.8, 4) is 17.2 Å². The first-order valence-electron chi connectivity index (χ1n) is 8.72. The van der Waals surface area contributed by atoms with E-state index in [4.69, 9.17) is 14.2 Å². The molecule has 2 rings (SSSR count). The highest BCUT2D eigenvalue weighted by Gasteiger charge is 2.16. The maximum absolute atomic E-state index is 12.3. The molecule has 0 heterocycles. The zero-order valence-electron chi connectivity index (χ0n) is 16.0. The lowest BCUT2D eigenvalue weighted by molar-refractivity contribution is -0.115. The van der Waals surface area contributed by atoms with E-state index >= 15 is 0 Å². The number of sulfonamides is 1. The van der Waals surface area contributed by atoms with Crippen molar-refractivity contribution in [2.75, 3.05) is 32.2 Å². The molecule has 2 aromatic rings. The van der Waals surface area contributed by atoms with E-state index in [9.17, 15) is 13.2 Å². The van der Waals surface area contributed by atoms with Crippen LogP contribution in [0.15, 0.2) is 47.4 Å². The number of ether oxygens (including phenoxy) is 3. The van der Waals surface area contributed by atoms with Crippen molar-refractivity contribution in [3.63, 3.8) is 0 Å². The molecule has 9 heteroatoms. The van der Waals surface area contributed by atoms with Crippen LogP contribution in [0, 0.1) is 0 Å². The summed E-state index contributed by atoms with van der Waals surface area (Å²) in [7, 11) is -2.32. The minimum absolute atomic E-state index is 0.0477. The lowest BCUT2D eigenvalue weighted by Crippen LogP contribution is -2.32. The molecule has 0 aliphatic heterocycles. The molecule has 2 N–H and O–H groups in total. The molecule has 1 amide bonds. The molecular weight excluding hydrogens is 384 g/mol. The van der Waals surface area contributed by atoms with Gasteiger partial charge >= 0.3 is 0 Å². The molecule has 0 saturated carbocycles. The Hall–Kier alpha value is -2.78. The lowest BCUT2D eigenvalue weighted by Gasteiger charge is -2.12. The summed E-state index contributed by atoms with van der Waals surface area (Å²) in [6, 6.07) is 10.9. The van der Waals surface area contributed by atoms with Gasteiger partial charge in [0.05, 0.1) is 31.8 Å². The first-order chi connectivity index (χ1) is 13.4. The number of methoxy groups -OCH3 is 1. The van der Waals surface area contributed by atoms with E-state index in [0.717, 1.165) is 0 Å². The minimum atomic E-state index is -3.82. The van der Waals surface area contributed by atoms with Crippen LogP contribution < -0.4 is 24.2 Å². The third-order valence-electron chi connectivity index (χ3n) is 3.62. The summed E-state index contributed by atoms with van der Waals surface area (Å²) in [5.74, 6) is 1.08. The third-order valence-corrected chi connectivity index (χ3v) is 5.03. The van der Waals surface area contributed by atoms with Gasteiger partial charge in [0.2, 0.25) is 15.9 Å². The predicted molar refractivity (Wildman–Crippen MR) is 106 cm³/mol. The van der Waals surface area contributed by atoms with Crippen molar-refractivity contribution in [2.45, 2.75) is 18.7 Å². The summed E-state index contributed by atoms with van der Waals surface area (Å²) in [6.07, 6.45) is 0. The van der Waals surface area contributed by atoms with Crippen LogP contribution in [0.4, 0.5) is 5.69 Å². The minimum Gasteiger partial charge on any atom is -0.494 e. The molecule has 8 nitrogen and oxygen atoms in total. The number of anilines is 1. The average Bonchev–Trinajstić information content (AvgIpc) is 2.68. The number of carbonyl (C=O) groups excluding carboxylic acids is 1. The van der Waals surface area contributed by atoms with Gasteiger partial charge in [-0.1, -0.05) is 0 Å². The fourth-order valence-corrected chi connectivity index (χ4v) is 3.33. The molecule has 0 unspecified atom stereocenters. The standard InChI is InChI=1S/C19H24N2O6S/c1-4-26-15-7-9-16(10-8-15)28(23,24)20-13-19(22)21-14-6-11-17(27-5-2)18(12-14)25-3/h6-12,20H,4-5,13H2,1-3H3,(H,21,22). The van der Waals surface area contributed by atoms with E-state index in [2.05, 4.69) is 10.0 Å². The van der Waals surface area contributed by atoms with E-state index in [1.807, 2.05) is 13.8 Å². The number of hydrogen-bond acceptors (Lipinski definition) is 6. The van der Waals surface area contributed by atoms with E-state index in [0.29, 0.717) is 36.1 Å². The number of rotatable bonds is 10. The van der Waals surface area contributed by atoms with Gasteiger partial charge in [0.15, 0.2) is 11.5 Å². The van der Waals surface area contributed by atoms with Gasteiger partial charge in [-0.25, -0.2) is 13.1 Å². The monoisotopic (exact) mass is 408 g/mol. The van der Waals surface area contributed by atoms with E-state index in [1.165, 1.54) is 19.2 Å². The quantitative estimate of drug-likeness (QED) is 0.626. The van der Waals surface area contributed by atoms with Crippen LogP contribution in [0.1, 0.15) is 13.8 Å². The van der Waals surface area contributed by atoms with Crippen molar-refractivity contribution in [1.82, 2.24) is 4.72 Å². The molecule has 152 valence electrons. The number of carbonyl (C=O) groups is 1. The Kier molecular flexibility index (Phi) is 7.65. The summed E-state index contributed by atoms with van der Waals surface area (Å²) < 4.78 is 42.8. The molecule has 0 aliphatic rings. The van der Waals surface area contributed by atoms with Gasteiger partial charge < -0.3 is 19.5 Å². The number of amides is 1. The molecular formula is C19H24N2O6S. The second-order valence-corrected chi connectivity index (χ2v) is 7.34. The van der Waals surface area contributed by atoms with Crippen LogP contribution in [0.5, 0.6) is 17.2 Å². The van der Waals surface area contributed by atoms with E-state index < -0.39 is 22.5 Å². The average molecular weight is 408 g/mol. The molecule has 0 radical (unpaired) electrons. The van der Waals surface area contributed by atoms with Gasteiger partial charge in [-0.3, -0.25) is 4.79 Å². The van der Waals surface area contributed by atoms with Gasteiger partial charge in [0, 0.05) is 11.8 Å². The highest BCUT2D eigenvalue weighted by atomic mass is 32.2. The number of benzene rings is 2. The first kappa shape index (κ1) is 21.5. The van der Waals surface area contributed by atoms with Crippen LogP contribution in [-0.4, -0.2) is 41.2 Å². The molecule has 28 heavy (non-hydrogen) atoms. The summed E-state index contributed by atoms with van der Waals surface area (Å²) in [4.78, 5) is 12.2. The van der Waals surface area contributed by atoms with E-state index in [-0.39, 0.29) is 4.90 Å². The van der Waals surface area contributed by atoms with Gasteiger partial charge in [0.25, 0.3) is 0 Å². The topological polar surface area (TPSA) is 103 Å². The molecule has 2 aromatic carbocycles. The van der Waals surface area contributed by atoms with Crippen molar-refractivity contribution in [3.05, 3.63) is 42.5 Å². The largest absolute Gasteiger partial charge is 0.494 e. The zero-order valence-corrected chi connectivity index (χ0v) is 16.8. The SMILES string of the molecule is CCOc1ccc(S(=O)(=O)NCC(=O)Nc2ccc(OCC)c(OC)c2)cc1. The fourth-order valence-electron chi connectivity index (χ4n) is 2.35. The summed E-state index contributed by atoms with van der Waals surface area (Å²) >= 11 is 0. The van der Waals surface area contributed by atoms with Gasteiger partial charge in [-0.2, -0.15) is 0 Å². The molecule has 0 fully saturated rings. The highest BCUT2D eigenvalue weighted by molar-refractivity contribution is 7.89. The zero-order chi connectivity index (χ0) is 20.6. The highest BCUT2D eigenvalue weighted by Crippen LogP contribution is 2.30. The van der Waals surface area contributed by atoms with Crippen molar-refractivity contribution in [2.24, 2.45) is 0 Å². The Morgan fingerprint density at radius 1 is 0.964 bits per heavy atom. The van der Waals surface area contributed by atoms with Crippen LogP contribution >= 0.6 is 0 Å². The molecule has 0 aliphatic carbocycles. The fraction of sp³-hybridized carbons (Fsp3) is 0.316. The first-order valence-corrected chi connectivity index (χ1v) is 10.2. The van der Waals surface area contributed by atoms with Crippen LogP contribution in [-0.2, 0) is 14.8 Å².